The molecule has 1 fully saturated rings. The zero-order chi connectivity index (χ0) is 13.1. The normalized spacial score (nSPS) is 18.4. The number of halogens is 1. The summed E-state index contributed by atoms with van der Waals surface area (Å²) in [6, 6.07) is 10.6. The zero-order valence-corrected chi connectivity index (χ0v) is 10.7. The molecule has 1 saturated heterocycles. The van der Waals surface area contributed by atoms with Gasteiger partial charge in [0.25, 0.3) is 0 Å². The summed E-state index contributed by atoms with van der Waals surface area (Å²) in [5.41, 5.74) is 0.680. The average Bonchev–Trinajstić information content (AvgIpc) is 2.96. The Morgan fingerprint density at radius 1 is 1.11 bits per heavy atom. The Bertz CT molecular complexity index is 521. The van der Waals surface area contributed by atoms with Gasteiger partial charge in [-0.2, -0.15) is 0 Å². The quantitative estimate of drug-likeness (QED) is 0.918. The number of piperazine rings is 1. The molecule has 1 aliphatic rings. The standard InChI is InChI=1S/C15H17FN2O/c16-13-5-2-1-4-12(13)15(14-6-3-11-19-14)18-9-7-17-8-10-18/h1-6,11,15,17H,7-10H2/t15-/m0/s1. The van der Waals surface area contributed by atoms with Gasteiger partial charge < -0.3 is 9.73 Å². The molecule has 0 amide bonds. The fraction of sp³-hybridized carbons (Fsp3) is 0.333. The van der Waals surface area contributed by atoms with E-state index in [2.05, 4.69) is 10.2 Å². The molecule has 1 aromatic carbocycles. The maximum Gasteiger partial charge on any atom is 0.128 e. The highest BCUT2D eigenvalue weighted by molar-refractivity contribution is 5.28. The third-order valence-corrected chi connectivity index (χ3v) is 3.53. The van der Waals surface area contributed by atoms with Crippen molar-refractivity contribution < 1.29 is 8.81 Å². The lowest BCUT2D eigenvalue weighted by Crippen LogP contribution is -2.45. The highest BCUT2D eigenvalue weighted by Crippen LogP contribution is 2.30. The van der Waals surface area contributed by atoms with E-state index in [1.165, 1.54) is 6.07 Å². The molecular formula is C15H17FN2O. The second kappa shape index (κ2) is 5.55. The number of nitrogens with one attached hydrogen (secondary N) is 1. The monoisotopic (exact) mass is 260 g/mol. The third-order valence-electron chi connectivity index (χ3n) is 3.53. The molecule has 2 heterocycles. The Hall–Kier alpha value is -1.65. The number of hydrogen-bond donors (Lipinski definition) is 1. The topological polar surface area (TPSA) is 28.4 Å². The first-order valence-electron chi connectivity index (χ1n) is 6.59. The van der Waals surface area contributed by atoms with Crippen molar-refractivity contribution >= 4 is 0 Å². The van der Waals surface area contributed by atoms with Crippen LogP contribution < -0.4 is 5.32 Å². The van der Waals surface area contributed by atoms with Gasteiger partial charge in [-0.3, -0.25) is 4.90 Å². The molecule has 0 unspecified atom stereocenters. The van der Waals surface area contributed by atoms with Gasteiger partial charge in [0.1, 0.15) is 11.6 Å². The minimum atomic E-state index is -0.178. The summed E-state index contributed by atoms with van der Waals surface area (Å²) in [4.78, 5) is 2.26. The molecule has 100 valence electrons. The summed E-state index contributed by atoms with van der Waals surface area (Å²) < 4.78 is 19.6. The Morgan fingerprint density at radius 2 is 1.89 bits per heavy atom. The maximum absolute atomic E-state index is 14.1. The summed E-state index contributed by atoms with van der Waals surface area (Å²) in [5, 5.41) is 3.31. The van der Waals surface area contributed by atoms with Gasteiger partial charge in [0.15, 0.2) is 0 Å². The van der Waals surface area contributed by atoms with E-state index < -0.39 is 0 Å². The minimum absolute atomic E-state index is 0.140. The Balaban J connectivity index is 1.99. The first kappa shape index (κ1) is 12.4. The van der Waals surface area contributed by atoms with Crippen molar-refractivity contribution in [3.05, 3.63) is 59.8 Å². The minimum Gasteiger partial charge on any atom is -0.467 e. The summed E-state index contributed by atoms with van der Waals surface area (Å²) in [6.45, 7) is 3.62. The predicted molar refractivity (Wildman–Crippen MR) is 71.4 cm³/mol. The van der Waals surface area contributed by atoms with Crippen molar-refractivity contribution in [2.75, 3.05) is 26.2 Å². The molecular weight excluding hydrogens is 243 g/mol. The summed E-state index contributed by atoms with van der Waals surface area (Å²) in [7, 11) is 0. The molecule has 19 heavy (non-hydrogen) atoms. The van der Waals surface area contributed by atoms with Crippen molar-refractivity contribution in [2.45, 2.75) is 6.04 Å². The third kappa shape index (κ3) is 2.55. The van der Waals surface area contributed by atoms with Crippen molar-refractivity contribution in [1.29, 1.82) is 0 Å². The summed E-state index contributed by atoms with van der Waals surface area (Å²) in [6.07, 6.45) is 1.64. The van der Waals surface area contributed by atoms with Gasteiger partial charge >= 0.3 is 0 Å². The van der Waals surface area contributed by atoms with E-state index >= 15 is 0 Å². The zero-order valence-electron chi connectivity index (χ0n) is 10.7. The van der Waals surface area contributed by atoms with Crippen LogP contribution in [0.2, 0.25) is 0 Å². The second-order valence-electron chi connectivity index (χ2n) is 4.73. The molecule has 1 aliphatic heterocycles. The number of benzene rings is 1. The first-order chi connectivity index (χ1) is 9.36. The fourth-order valence-electron chi connectivity index (χ4n) is 2.61. The van der Waals surface area contributed by atoms with Gasteiger partial charge in [0.05, 0.1) is 12.3 Å². The summed E-state index contributed by atoms with van der Waals surface area (Å²) in [5.74, 6) is 0.620. The van der Waals surface area contributed by atoms with Gasteiger partial charge in [0.2, 0.25) is 0 Å². The number of nitrogens with zero attached hydrogens (tertiary/aromatic N) is 1. The molecule has 1 atom stereocenters. The molecule has 2 aromatic rings. The van der Waals surface area contributed by atoms with E-state index in [0.717, 1.165) is 31.9 Å². The van der Waals surface area contributed by atoms with Gasteiger partial charge in [-0.05, 0) is 18.2 Å². The molecule has 1 N–H and O–H groups in total. The molecule has 1 aromatic heterocycles. The van der Waals surface area contributed by atoms with Crippen molar-refractivity contribution in [3.8, 4) is 0 Å². The van der Waals surface area contributed by atoms with E-state index in [9.17, 15) is 4.39 Å². The van der Waals surface area contributed by atoms with Crippen LogP contribution in [0.4, 0.5) is 4.39 Å². The molecule has 0 radical (unpaired) electrons. The van der Waals surface area contributed by atoms with Crippen LogP contribution in [0.3, 0.4) is 0 Å². The van der Waals surface area contributed by atoms with Gasteiger partial charge in [-0.15, -0.1) is 0 Å². The van der Waals surface area contributed by atoms with E-state index in [4.69, 9.17) is 4.42 Å². The molecule has 3 nitrogen and oxygen atoms in total. The first-order valence-corrected chi connectivity index (χ1v) is 6.59. The number of hydrogen-bond acceptors (Lipinski definition) is 3. The lowest BCUT2D eigenvalue weighted by molar-refractivity contribution is 0.177. The van der Waals surface area contributed by atoms with Gasteiger partial charge in [0, 0.05) is 31.7 Å². The van der Waals surface area contributed by atoms with Gasteiger partial charge in [-0.1, -0.05) is 18.2 Å². The predicted octanol–water partition coefficient (Wildman–Crippen LogP) is 2.41. The van der Waals surface area contributed by atoms with Crippen molar-refractivity contribution in [3.63, 3.8) is 0 Å². The van der Waals surface area contributed by atoms with Gasteiger partial charge in [-0.25, -0.2) is 4.39 Å². The molecule has 0 bridgehead atoms. The summed E-state index contributed by atoms with van der Waals surface area (Å²) >= 11 is 0. The van der Waals surface area contributed by atoms with Crippen LogP contribution in [0.1, 0.15) is 17.4 Å². The van der Waals surface area contributed by atoms with E-state index in [0.29, 0.717) is 5.56 Å². The largest absolute Gasteiger partial charge is 0.467 e. The molecule has 3 rings (SSSR count). The van der Waals surface area contributed by atoms with Crippen molar-refractivity contribution in [1.82, 2.24) is 10.2 Å². The van der Waals surface area contributed by atoms with E-state index in [1.54, 1.807) is 12.3 Å². The van der Waals surface area contributed by atoms with Crippen LogP contribution in [0.15, 0.2) is 47.1 Å². The maximum atomic E-state index is 14.1. The Morgan fingerprint density at radius 3 is 2.58 bits per heavy atom. The van der Waals surface area contributed by atoms with Crippen LogP contribution in [-0.2, 0) is 0 Å². The van der Waals surface area contributed by atoms with Crippen LogP contribution in [0.5, 0.6) is 0 Å². The smallest absolute Gasteiger partial charge is 0.128 e. The highest BCUT2D eigenvalue weighted by Gasteiger charge is 2.27. The lowest BCUT2D eigenvalue weighted by Gasteiger charge is -2.34. The van der Waals surface area contributed by atoms with E-state index in [-0.39, 0.29) is 11.9 Å². The fourth-order valence-corrected chi connectivity index (χ4v) is 2.61. The van der Waals surface area contributed by atoms with Crippen LogP contribution in [0, 0.1) is 5.82 Å². The Kier molecular flexibility index (Phi) is 3.62. The molecule has 0 aliphatic carbocycles. The molecule has 4 heteroatoms. The Labute approximate surface area is 112 Å². The number of furan rings is 1. The van der Waals surface area contributed by atoms with E-state index in [1.807, 2.05) is 24.3 Å². The number of rotatable bonds is 3. The van der Waals surface area contributed by atoms with Crippen LogP contribution >= 0.6 is 0 Å². The molecule has 0 saturated carbocycles. The van der Waals surface area contributed by atoms with Crippen LogP contribution in [-0.4, -0.2) is 31.1 Å². The lowest BCUT2D eigenvalue weighted by atomic mass is 10.0. The van der Waals surface area contributed by atoms with Crippen LogP contribution in [0.25, 0.3) is 0 Å². The highest BCUT2D eigenvalue weighted by atomic mass is 19.1. The molecule has 0 spiro atoms. The van der Waals surface area contributed by atoms with Crippen molar-refractivity contribution in [2.24, 2.45) is 0 Å². The second-order valence-corrected chi connectivity index (χ2v) is 4.73. The average molecular weight is 260 g/mol. The SMILES string of the molecule is Fc1ccccc1[C@@H](c1ccco1)N1CCNCC1.